The Hall–Kier alpha value is -0.0900. The van der Waals surface area contributed by atoms with E-state index in [9.17, 15) is 0 Å². The van der Waals surface area contributed by atoms with Crippen molar-refractivity contribution >= 4 is 27.5 Å². The molecule has 0 atom stereocenters. The Morgan fingerprint density at radius 3 is 2.73 bits per heavy atom. The predicted octanol–water partition coefficient (Wildman–Crippen LogP) is 2.88. The Morgan fingerprint density at radius 1 is 1.47 bits per heavy atom. The Bertz CT molecular complexity index is 317. The van der Waals surface area contributed by atoms with Crippen molar-refractivity contribution in [3.05, 3.63) is 33.3 Å². The molecule has 0 aromatic heterocycles. The molecule has 4 heteroatoms. The van der Waals surface area contributed by atoms with Crippen LogP contribution >= 0.6 is 27.5 Å². The zero-order valence-corrected chi connectivity index (χ0v) is 11.2. The summed E-state index contributed by atoms with van der Waals surface area (Å²) in [7, 11) is 0. The van der Waals surface area contributed by atoms with Gasteiger partial charge >= 0.3 is 0 Å². The number of nitrogens with zero attached hydrogens (tertiary/aromatic N) is 1. The molecule has 84 valence electrons. The third kappa shape index (κ3) is 4.11. The molecule has 0 aliphatic rings. The lowest BCUT2D eigenvalue weighted by molar-refractivity contribution is 0.288. The number of halogens is 2. The van der Waals surface area contributed by atoms with E-state index in [1.165, 1.54) is 0 Å². The van der Waals surface area contributed by atoms with E-state index >= 15 is 0 Å². The van der Waals surface area contributed by atoms with Crippen molar-refractivity contribution in [3.8, 4) is 0 Å². The fourth-order valence-electron chi connectivity index (χ4n) is 1.42. The van der Waals surface area contributed by atoms with Crippen LogP contribution in [0.2, 0.25) is 5.02 Å². The van der Waals surface area contributed by atoms with Gasteiger partial charge in [-0.15, -0.1) is 0 Å². The molecule has 0 spiro atoms. The molecule has 0 bridgehead atoms. The average Bonchev–Trinajstić information content (AvgIpc) is 2.21. The maximum Gasteiger partial charge on any atom is 0.0462 e. The van der Waals surface area contributed by atoms with E-state index in [2.05, 4.69) is 27.8 Å². The molecule has 0 radical (unpaired) electrons. The van der Waals surface area contributed by atoms with Crippen LogP contribution in [0.15, 0.2) is 22.7 Å². The van der Waals surface area contributed by atoms with Crippen LogP contribution in [0, 0.1) is 0 Å². The van der Waals surface area contributed by atoms with E-state index in [1.54, 1.807) is 0 Å². The van der Waals surface area contributed by atoms with Gasteiger partial charge in [0.15, 0.2) is 0 Å². The molecule has 0 unspecified atom stereocenters. The quantitative estimate of drug-likeness (QED) is 0.904. The van der Waals surface area contributed by atoms with Crippen LogP contribution in [0.3, 0.4) is 0 Å². The lowest BCUT2D eigenvalue weighted by Gasteiger charge is -2.20. The minimum absolute atomic E-state index is 0.683. The molecule has 15 heavy (non-hydrogen) atoms. The first-order chi connectivity index (χ1) is 7.17. The Labute approximate surface area is 105 Å². The topological polar surface area (TPSA) is 29.3 Å². The SMILES string of the molecule is CCN(CCN)Cc1ccc(Br)cc1Cl. The fourth-order valence-corrected chi connectivity index (χ4v) is 2.16. The van der Waals surface area contributed by atoms with Crippen LogP contribution in [0.25, 0.3) is 0 Å². The summed E-state index contributed by atoms with van der Waals surface area (Å²) in [6.07, 6.45) is 0. The van der Waals surface area contributed by atoms with E-state index in [0.29, 0.717) is 6.54 Å². The zero-order valence-electron chi connectivity index (χ0n) is 8.84. The van der Waals surface area contributed by atoms with Crippen LogP contribution in [0.4, 0.5) is 0 Å². The second-order valence-corrected chi connectivity index (χ2v) is 4.72. The van der Waals surface area contributed by atoms with Gasteiger partial charge < -0.3 is 5.73 Å². The lowest BCUT2D eigenvalue weighted by Crippen LogP contribution is -2.28. The summed E-state index contributed by atoms with van der Waals surface area (Å²) in [5, 5.41) is 0.805. The van der Waals surface area contributed by atoms with Crippen LogP contribution in [-0.4, -0.2) is 24.5 Å². The van der Waals surface area contributed by atoms with Crippen molar-refractivity contribution in [1.29, 1.82) is 0 Å². The molecule has 0 aliphatic heterocycles. The third-order valence-corrected chi connectivity index (χ3v) is 3.15. The van der Waals surface area contributed by atoms with Crippen molar-refractivity contribution in [2.24, 2.45) is 5.73 Å². The zero-order chi connectivity index (χ0) is 11.3. The van der Waals surface area contributed by atoms with Crippen molar-refractivity contribution in [2.75, 3.05) is 19.6 Å². The summed E-state index contributed by atoms with van der Waals surface area (Å²) in [5.74, 6) is 0. The smallest absolute Gasteiger partial charge is 0.0462 e. The van der Waals surface area contributed by atoms with E-state index < -0.39 is 0 Å². The fraction of sp³-hybridized carbons (Fsp3) is 0.455. The first kappa shape index (κ1) is 13.0. The van der Waals surface area contributed by atoms with E-state index in [1.807, 2.05) is 18.2 Å². The van der Waals surface area contributed by atoms with Crippen molar-refractivity contribution < 1.29 is 0 Å². The number of rotatable bonds is 5. The predicted molar refractivity (Wildman–Crippen MR) is 69.2 cm³/mol. The van der Waals surface area contributed by atoms with E-state index in [0.717, 1.165) is 34.7 Å². The van der Waals surface area contributed by atoms with Gasteiger partial charge in [0, 0.05) is 29.1 Å². The number of nitrogens with two attached hydrogens (primary N) is 1. The Balaban J connectivity index is 2.70. The van der Waals surface area contributed by atoms with Crippen molar-refractivity contribution in [3.63, 3.8) is 0 Å². The number of hydrogen-bond donors (Lipinski definition) is 1. The molecule has 0 heterocycles. The second kappa shape index (κ2) is 6.48. The van der Waals surface area contributed by atoms with Crippen molar-refractivity contribution in [2.45, 2.75) is 13.5 Å². The largest absolute Gasteiger partial charge is 0.329 e. The molecule has 2 nitrogen and oxygen atoms in total. The van der Waals surface area contributed by atoms with Gasteiger partial charge in [-0.3, -0.25) is 4.90 Å². The summed E-state index contributed by atoms with van der Waals surface area (Å²) >= 11 is 9.54. The molecule has 1 aromatic carbocycles. The molecular weight excluding hydrogens is 275 g/mol. The van der Waals surface area contributed by atoms with Gasteiger partial charge in [-0.2, -0.15) is 0 Å². The molecule has 1 rings (SSSR count). The van der Waals surface area contributed by atoms with Gasteiger partial charge in [0.25, 0.3) is 0 Å². The summed E-state index contributed by atoms with van der Waals surface area (Å²) < 4.78 is 1.01. The standard InChI is InChI=1S/C11H16BrClN2/c1-2-15(6-5-14)8-9-3-4-10(12)7-11(9)13/h3-4,7H,2,5-6,8,14H2,1H3. The highest BCUT2D eigenvalue weighted by atomic mass is 79.9. The van der Waals surface area contributed by atoms with Gasteiger partial charge in [-0.25, -0.2) is 0 Å². The Kier molecular flexibility index (Phi) is 5.61. The first-order valence-electron chi connectivity index (χ1n) is 5.03. The average molecular weight is 292 g/mol. The van der Waals surface area contributed by atoms with Gasteiger partial charge in [-0.05, 0) is 24.2 Å². The minimum atomic E-state index is 0.683. The van der Waals surface area contributed by atoms with Gasteiger partial charge in [0.05, 0.1) is 0 Å². The highest BCUT2D eigenvalue weighted by Crippen LogP contribution is 2.22. The molecular formula is C11H16BrClN2. The maximum absolute atomic E-state index is 6.14. The normalized spacial score (nSPS) is 11.0. The first-order valence-corrected chi connectivity index (χ1v) is 6.20. The monoisotopic (exact) mass is 290 g/mol. The van der Waals surface area contributed by atoms with Crippen molar-refractivity contribution in [1.82, 2.24) is 4.90 Å². The molecule has 0 fully saturated rings. The number of hydrogen-bond acceptors (Lipinski definition) is 2. The highest BCUT2D eigenvalue weighted by Gasteiger charge is 2.06. The summed E-state index contributed by atoms with van der Waals surface area (Å²) in [4.78, 5) is 2.27. The van der Waals surface area contributed by atoms with Gasteiger partial charge in [0.1, 0.15) is 0 Å². The van der Waals surface area contributed by atoms with E-state index in [-0.39, 0.29) is 0 Å². The summed E-state index contributed by atoms with van der Waals surface area (Å²) in [5.41, 5.74) is 6.69. The highest BCUT2D eigenvalue weighted by molar-refractivity contribution is 9.10. The maximum atomic E-state index is 6.14. The Morgan fingerprint density at radius 2 is 2.20 bits per heavy atom. The van der Waals surface area contributed by atoms with Crippen LogP contribution in [0.1, 0.15) is 12.5 Å². The lowest BCUT2D eigenvalue weighted by atomic mass is 10.2. The summed E-state index contributed by atoms with van der Waals surface area (Å²) in [6, 6.07) is 5.98. The molecule has 0 saturated carbocycles. The van der Waals surface area contributed by atoms with E-state index in [4.69, 9.17) is 17.3 Å². The second-order valence-electron chi connectivity index (χ2n) is 3.39. The molecule has 2 N–H and O–H groups in total. The number of likely N-dealkylation sites (N-methyl/N-ethyl adjacent to an activating group) is 1. The number of benzene rings is 1. The minimum Gasteiger partial charge on any atom is -0.329 e. The van der Waals surface area contributed by atoms with Crippen LogP contribution in [0.5, 0.6) is 0 Å². The van der Waals surface area contributed by atoms with Gasteiger partial charge in [-0.1, -0.05) is 40.5 Å². The van der Waals surface area contributed by atoms with Crippen LogP contribution in [-0.2, 0) is 6.54 Å². The molecule has 0 amide bonds. The van der Waals surface area contributed by atoms with Crippen LogP contribution < -0.4 is 5.73 Å². The third-order valence-electron chi connectivity index (χ3n) is 2.30. The molecule has 0 saturated heterocycles. The molecule has 1 aromatic rings. The summed E-state index contributed by atoms with van der Waals surface area (Å²) in [6.45, 7) is 5.57. The molecule has 0 aliphatic carbocycles. The van der Waals surface area contributed by atoms with Gasteiger partial charge in [0.2, 0.25) is 0 Å².